The van der Waals surface area contributed by atoms with Crippen molar-refractivity contribution in [1.82, 2.24) is 14.8 Å². The van der Waals surface area contributed by atoms with E-state index in [1.807, 2.05) is 0 Å². The zero-order valence-corrected chi connectivity index (χ0v) is 21.4. The number of aliphatic hydroxyl groups is 1. The number of piperazine rings is 1. The zero-order chi connectivity index (χ0) is 27.5. The van der Waals surface area contributed by atoms with E-state index >= 15 is 0 Å². The molecule has 2 aromatic rings. The number of benzene rings is 1. The topological polar surface area (TPSA) is 101 Å². The predicted molar refractivity (Wildman–Crippen MR) is 132 cm³/mol. The third kappa shape index (κ3) is 5.65. The van der Waals surface area contributed by atoms with E-state index in [9.17, 15) is 33.1 Å². The first kappa shape index (κ1) is 28.2. The Balaban J connectivity index is 1.78. The molecule has 1 N–H and O–H groups in total. The van der Waals surface area contributed by atoms with Gasteiger partial charge in [0.15, 0.2) is 0 Å². The van der Waals surface area contributed by atoms with Crippen LogP contribution in [0.1, 0.15) is 35.7 Å². The Morgan fingerprint density at radius 3 is 2.32 bits per heavy atom. The molecule has 2 amide bonds. The Bertz CT molecular complexity index is 1220. The number of amides is 2. The number of carbonyl (C=O) groups excluding carboxylic acids is 2. The molecule has 0 radical (unpaired) electrons. The van der Waals surface area contributed by atoms with Crippen molar-refractivity contribution in [2.75, 3.05) is 45.2 Å². The summed E-state index contributed by atoms with van der Waals surface area (Å²) in [6.45, 7) is 1.62. The van der Waals surface area contributed by atoms with Gasteiger partial charge in [0, 0.05) is 52.0 Å². The second-order valence-corrected chi connectivity index (χ2v) is 9.40. The maximum absolute atomic E-state index is 13.5. The van der Waals surface area contributed by atoms with Crippen molar-refractivity contribution in [1.29, 1.82) is 5.26 Å². The normalized spacial score (nSPS) is 15.6. The van der Waals surface area contributed by atoms with Gasteiger partial charge in [-0.1, -0.05) is 31.0 Å². The highest BCUT2D eigenvalue weighted by Crippen LogP contribution is 2.36. The van der Waals surface area contributed by atoms with Crippen LogP contribution in [0.5, 0.6) is 0 Å². The van der Waals surface area contributed by atoms with Crippen molar-refractivity contribution >= 4 is 29.2 Å². The van der Waals surface area contributed by atoms with E-state index in [4.69, 9.17) is 11.6 Å². The highest BCUT2D eigenvalue weighted by atomic mass is 35.5. The van der Waals surface area contributed by atoms with Crippen molar-refractivity contribution in [2.45, 2.75) is 31.5 Å². The Labute approximate surface area is 217 Å². The summed E-state index contributed by atoms with van der Waals surface area (Å²) in [5.41, 5.74) is -1.61. The number of pyridine rings is 1. The monoisotopic (exact) mass is 537 g/mol. The molecule has 8 nitrogen and oxygen atoms in total. The minimum Gasteiger partial charge on any atom is -0.373 e. The fourth-order valence-corrected chi connectivity index (χ4v) is 4.43. The molecule has 0 saturated carbocycles. The van der Waals surface area contributed by atoms with E-state index in [-0.39, 0.29) is 49.1 Å². The predicted octanol–water partition coefficient (Wildman–Crippen LogP) is 3.72. The van der Waals surface area contributed by atoms with Gasteiger partial charge in [-0.3, -0.25) is 9.59 Å². The van der Waals surface area contributed by atoms with Gasteiger partial charge in [0.05, 0.1) is 16.1 Å². The second-order valence-electron chi connectivity index (χ2n) is 8.99. The zero-order valence-electron chi connectivity index (χ0n) is 20.6. The Morgan fingerprint density at radius 2 is 1.81 bits per heavy atom. The second kappa shape index (κ2) is 10.9. The van der Waals surface area contributed by atoms with Crippen LogP contribution < -0.4 is 4.90 Å². The lowest BCUT2D eigenvalue weighted by atomic mass is 9.95. The van der Waals surface area contributed by atoms with Crippen molar-refractivity contribution in [3.63, 3.8) is 0 Å². The molecule has 3 rings (SSSR count). The molecule has 2 heterocycles. The number of nitrogens with zero attached hydrogens (tertiary/aromatic N) is 5. The number of hydrogen-bond acceptors (Lipinski definition) is 6. The quantitative estimate of drug-likeness (QED) is 0.603. The average Bonchev–Trinajstić information content (AvgIpc) is 2.86. The molecule has 1 aliphatic heterocycles. The highest BCUT2D eigenvalue weighted by Gasteiger charge is 2.60. The number of carbonyl (C=O) groups is 2. The SMILES string of the molecule is CCCC(O)(C(=O)N1CCN(c2ncc(-c3ccc(C(=O)N(C)C)c(Cl)c3)cc2C#N)CC1)C(F)(F)F. The third-order valence-electron chi connectivity index (χ3n) is 6.23. The summed E-state index contributed by atoms with van der Waals surface area (Å²) in [5, 5.41) is 20.1. The van der Waals surface area contributed by atoms with Crippen LogP contribution in [-0.4, -0.2) is 83.8 Å². The number of nitriles is 1. The largest absolute Gasteiger partial charge is 0.426 e. The highest BCUT2D eigenvalue weighted by molar-refractivity contribution is 6.34. The minimum atomic E-state index is -5.08. The lowest BCUT2D eigenvalue weighted by Crippen LogP contribution is -2.61. The summed E-state index contributed by atoms with van der Waals surface area (Å²) < 4.78 is 40.4. The lowest BCUT2D eigenvalue weighted by Gasteiger charge is -2.40. The summed E-state index contributed by atoms with van der Waals surface area (Å²) in [4.78, 5) is 33.3. The fraction of sp³-hybridized carbons (Fsp3) is 0.440. The first-order valence-electron chi connectivity index (χ1n) is 11.6. The maximum Gasteiger partial charge on any atom is 0.426 e. The number of alkyl halides is 3. The first-order chi connectivity index (χ1) is 17.3. The maximum atomic E-state index is 13.5. The van der Waals surface area contributed by atoms with Crippen molar-refractivity contribution < 1.29 is 27.9 Å². The van der Waals surface area contributed by atoms with Gasteiger partial charge in [0.2, 0.25) is 5.60 Å². The van der Waals surface area contributed by atoms with Crippen LogP contribution in [0.25, 0.3) is 11.1 Å². The summed E-state index contributed by atoms with van der Waals surface area (Å²) in [5.74, 6) is -1.27. The molecular formula is C25H27ClF3N5O3. The van der Waals surface area contributed by atoms with Gasteiger partial charge in [0.1, 0.15) is 11.9 Å². The van der Waals surface area contributed by atoms with Crippen LogP contribution in [0.15, 0.2) is 30.5 Å². The first-order valence-corrected chi connectivity index (χ1v) is 12.0. The summed E-state index contributed by atoms with van der Waals surface area (Å²) in [6, 6.07) is 8.60. The smallest absolute Gasteiger partial charge is 0.373 e. The molecule has 1 aromatic heterocycles. The molecule has 0 aliphatic carbocycles. The van der Waals surface area contributed by atoms with Gasteiger partial charge in [-0.05, 0) is 30.2 Å². The summed E-state index contributed by atoms with van der Waals surface area (Å²) in [7, 11) is 3.23. The molecule has 37 heavy (non-hydrogen) atoms. The lowest BCUT2D eigenvalue weighted by molar-refractivity contribution is -0.258. The number of rotatable bonds is 6. The number of hydrogen-bond donors (Lipinski definition) is 1. The summed E-state index contributed by atoms with van der Waals surface area (Å²) >= 11 is 6.30. The van der Waals surface area contributed by atoms with Crippen molar-refractivity contribution in [2.24, 2.45) is 0 Å². The Morgan fingerprint density at radius 1 is 1.16 bits per heavy atom. The fourth-order valence-electron chi connectivity index (χ4n) is 4.17. The van der Waals surface area contributed by atoms with E-state index in [0.717, 1.165) is 4.90 Å². The molecule has 0 bridgehead atoms. The minimum absolute atomic E-state index is 0.0105. The van der Waals surface area contributed by atoms with Crippen LogP contribution in [0.3, 0.4) is 0 Å². The van der Waals surface area contributed by atoms with Gasteiger partial charge in [0.25, 0.3) is 11.8 Å². The van der Waals surface area contributed by atoms with Crippen LogP contribution in [-0.2, 0) is 4.79 Å². The van der Waals surface area contributed by atoms with Crippen LogP contribution in [0, 0.1) is 11.3 Å². The molecule has 12 heteroatoms. The van der Waals surface area contributed by atoms with E-state index in [0.29, 0.717) is 22.5 Å². The number of anilines is 1. The Hall–Kier alpha value is -3.36. The summed E-state index contributed by atoms with van der Waals surface area (Å²) in [6.07, 6.45) is -4.27. The van der Waals surface area contributed by atoms with Gasteiger partial charge >= 0.3 is 6.18 Å². The molecule has 1 unspecified atom stereocenters. The molecule has 1 aromatic carbocycles. The van der Waals surface area contributed by atoms with Crippen LogP contribution in [0.4, 0.5) is 19.0 Å². The molecule has 1 saturated heterocycles. The molecule has 1 aliphatic rings. The average molecular weight is 538 g/mol. The van der Waals surface area contributed by atoms with Crippen LogP contribution in [0.2, 0.25) is 5.02 Å². The number of halogens is 4. The van der Waals surface area contributed by atoms with Gasteiger partial charge in [-0.15, -0.1) is 0 Å². The van der Waals surface area contributed by atoms with E-state index < -0.39 is 24.1 Å². The van der Waals surface area contributed by atoms with Gasteiger partial charge in [-0.2, -0.15) is 18.4 Å². The standard InChI is InChI=1S/C25H27ClF3N5O3/c1-4-7-24(37,25(27,28)29)23(36)34-10-8-33(9-11-34)21-17(14-30)12-18(15-31-21)16-5-6-19(20(26)13-16)22(35)32(2)3/h5-6,12-13,15,37H,4,7-11H2,1-3H3. The van der Waals surface area contributed by atoms with E-state index in [1.165, 1.54) is 18.0 Å². The van der Waals surface area contributed by atoms with Crippen molar-refractivity contribution in [3.8, 4) is 17.2 Å². The number of aromatic nitrogens is 1. The Kier molecular flexibility index (Phi) is 8.35. The molecular weight excluding hydrogens is 511 g/mol. The van der Waals surface area contributed by atoms with E-state index in [2.05, 4.69) is 11.1 Å². The molecule has 1 atom stereocenters. The van der Waals surface area contributed by atoms with Crippen molar-refractivity contribution in [3.05, 3.63) is 46.6 Å². The molecule has 0 spiro atoms. The van der Waals surface area contributed by atoms with Gasteiger partial charge in [-0.25, -0.2) is 4.98 Å². The van der Waals surface area contributed by atoms with Crippen LogP contribution >= 0.6 is 11.6 Å². The van der Waals surface area contributed by atoms with E-state index in [1.54, 1.807) is 43.3 Å². The third-order valence-corrected chi connectivity index (χ3v) is 6.54. The van der Waals surface area contributed by atoms with Gasteiger partial charge < -0.3 is 19.8 Å². The molecule has 1 fully saturated rings. The molecule has 198 valence electrons.